The average Bonchev–Trinajstić information content (AvgIpc) is 2.67. The average molecular weight is 328 g/mol. The highest BCUT2D eigenvalue weighted by Gasteiger charge is 2.20. The van der Waals surface area contributed by atoms with Crippen molar-refractivity contribution < 1.29 is 4.79 Å². The van der Waals surface area contributed by atoms with E-state index >= 15 is 0 Å². The summed E-state index contributed by atoms with van der Waals surface area (Å²) >= 11 is 3.55. The number of Topliss-reactive ketones (excluding diaryl/α,β-unsaturated/α-hetero) is 1. The lowest BCUT2D eigenvalue weighted by Crippen LogP contribution is -2.31. The number of nitrogens with zero attached hydrogens (tertiary/aromatic N) is 2. The van der Waals surface area contributed by atoms with Gasteiger partial charge in [-0.15, -0.1) is 0 Å². The number of aryl methyl sites for hydroxylation is 2. The zero-order valence-electron chi connectivity index (χ0n) is 11.7. The number of hydrogen-bond donors (Lipinski definition) is 1. The van der Waals surface area contributed by atoms with Crippen LogP contribution in [0.15, 0.2) is 4.47 Å². The number of aromatic nitrogens is 2. The summed E-state index contributed by atoms with van der Waals surface area (Å²) in [7, 11) is 0. The molecule has 1 N–H and O–H groups in total. The van der Waals surface area contributed by atoms with Gasteiger partial charge in [-0.05, 0) is 61.6 Å². The van der Waals surface area contributed by atoms with Gasteiger partial charge in [-0.2, -0.15) is 5.10 Å². The molecule has 0 aromatic carbocycles. The van der Waals surface area contributed by atoms with Crippen LogP contribution >= 0.6 is 15.9 Å². The van der Waals surface area contributed by atoms with E-state index in [1.807, 2.05) is 11.6 Å². The molecule has 1 aliphatic heterocycles. The van der Waals surface area contributed by atoms with Crippen molar-refractivity contribution in [1.82, 2.24) is 15.1 Å². The molecule has 4 nitrogen and oxygen atoms in total. The minimum Gasteiger partial charge on any atom is -0.316 e. The van der Waals surface area contributed by atoms with Crippen molar-refractivity contribution in [2.24, 2.45) is 5.92 Å². The van der Waals surface area contributed by atoms with Crippen LogP contribution in [-0.4, -0.2) is 28.7 Å². The van der Waals surface area contributed by atoms with Gasteiger partial charge in [0.2, 0.25) is 0 Å². The zero-order chi connectivity index (χ0) is 13.8. The number of rotatable bonds is 5. The Bertz CT molecular complexity index is 450. The lowest BCUT2D eigenvalue weighted by atomic mass is 9.93. The van der Waals surface area contributed by atoms with Crippen LogP contribution in [0.1, 0.15) is 37.6 Å². The molecule has 1 aromatic rings. The minimum atomic E-state index is 0.323. The van der Waals surface area contributed by atoms with E-state index < -0.39 is 0 Å². The van der Waals surface area contributed by atoms with E-state index in [0.29, 0.717) is 24.5 Å². The predicted octanol–water partition coefficient (Wildman–Crippen LogP) is 2.48. The fraction of sp³-hybridized carbons (Fsp3) is 0.714. The Morgan fingerprint density at radius 1 is 1.58 bits per heavy atom. The maximum atomic E-state index is 12.2. The first-order valence-electron chi connectivity index (χ1n) is 7.06. The van der Waals surface area contributed by atoms with Crippen molar-refractivity contribution in [3.05, 3.63) is 15.9 Å². The molecule has 0 amide bonds. The van der Waals surface area contributed by atoms with Gasteiger partial charge in [-0.1, -0.05) is 0 Å². The highest BCUT2D eigenvalue weighted by Crippen LogP contribution is 2.23. The van der Waals surface area contributed by atoms with Gasteiger partial charge in [0, 0.05) is 19.4 Å². The van der Waals surface area contributed by atoms with E-state index in [9.17, 15) is 4.79 Å². The summed E-state index contributed by atoms with van der Waals surface area (Å²) in [6.45, 7) is 6.91. The quantitative estimate of drug-likeness (QED) is 0.903. The topological polar surface area (TPSA) is 46.9 Å². The first-order chi connectivity index (χ1) is 9.11. The second-order valence-corrected chi connectivity index (χ2v) is 6.09. The van der Waals surface area contributed by atoms with Crippen LogP contribution in [0.25, 0.3) is 0 Å². The van der Waals surface area contributed by atoms with Crippen LogP contribution in [0.5, 0.6) is 0 Å². The van der Waals surface area contributed by atoms with Gasteiger partial charge in [0.25, 0.3) is 0 Å². The molecule has 19 heavy (non-hydrogen) atoms. The molecule has 0 radical (unpaired) electrons. The molecule has 2 rings (SSSR count). The molecule has 1 unspecified atom stereocenters. The van der Waals surface area contributed by atoms with E-state index in [4.69, 9.17) is 0 Å². The van der Waals surface area contributed by atoms with Gasteiger partial charge in [-0.3, -0.25) is 9.48 Å². The van der Waals surface area contributed by atoms with Gasteiger partial charge in [0.1, 0.15) is 5.78 Å². The van der Waals surface area contributed by atoms with Crippen LogP contribution in [-0.2, 0) is 17.8 Å². The van der Waals surface area contributed by atoms with Crippen molar-refractivity contribution >= 4 is 21.7 Å². The molecule has 0 spiro atoms. The lowest BCUT2D eigenvalue weighted by molar-refractivity contribution is -0.119. The highest BCUT2D eigenvalue weighted by atomic mass is 79.9. The van der Waals surface area contributed by atoms with Crippen LogP contribution in [0, 0.1) is 12.8 Å². The molecular weight excluding hydrogens is 306 g/mol. The fourth-order valence-electron chi connectivity index (χ4n) is 2.72. The number of carbonyl (C=O) groups excluding carboxylic acids is 1. The number of piperidine rings is 1. The monoisotopic (exact) mass is 327 g/mol. The maximum absolute atomic E-state index is 12.2. The maximum Gasteiger partial charge on any atom is 0.139 e. The summed E-state index contributed by atoms with van der Waals surface area (Å²) in [5.41, 5.74) is 1.98. The number of nitrogens with one attached hydrogen (secondary N) is 1. The summed E-state index contributed by atoms with van der Waals surface area (Å²) in [5.74, 6) is 0.836. The summed E-state index contributed by atoms with van der Waals surface area (Å²) in [4.78, 5) is 12.2. The Morgan fingerprint density at radius 3 is 3.00 bits per heavy atom. The van der Waals surface area contributed by atoms with Gasteiger partial charge >= 0.3 is 0 Å². The molecule has 1 atom stereocenters. The van der Waals surface area contributed by atoms with Crippen molar-refractivity contribution in [2.75, 3.05) is 13.1 Å². The van der Waals surface area contributed by atoms with Gasteiger partial charge in [-0.25, -0.2) is 0 Å². The molecule has 1 fully saturated rings. The van der Waals surface area contributed by atoms with E-state index in [-0.39, 0.29) is 0 Å². The van der Waals surface area contributed by atoms with Gasteiger partial charge < -0.3 is 5.32 Å². The Kier molecular flexibility index (Phi) is 5.16. The first kappa shape index (κ1) is 14.7. The smallest absolute Gasteiger partial charge is 0.139 e. The SMILES string of the molecule is CCn1nc(C)c(Br)c1CC(=O)CC1CCCNC1. The number of halogens is 1. The van der Waals surface area contributed by atoms with Crippen molar-refractivity contribution in [3.63, 3.8) is 0 Å². The van der Waals surface area contributed by atoms with E-state index in [1.54, 1.807) is 0 Å². The van der Waals surface area contributed by atoms with Crippen LogP contribution in [0.2, 0.25) is 0 Å². The van der Waals surface area contributed by atoms with Crippen molar-refractivity contribution in [1.29, 1.82) is 0 Å². The van der Waals surface area contributed by atoms with Crippen LogP contribution < -0.4 is 5.32 Å². The summed E-state index contributed by atoms with van der Waals surface area (Å²) < 4.78 is 2.92. The van der Waals surface area contributed by atoms with E-state index in [2.05, 4.69) is 33.3 Å². The molecule has 1 aromatic heterocycles. The zero-order valence-corrected chi connectivity index (χ0v) is 13.3. The highest BCUT2D eigenvalue weighted by molar-refractivity contribution is 9.10. The standard InChI is InChI=1S/C14H22BrN3O/c1-3-18-13(14(15)10(2)17-18)8-12(19)7-11-5-4-6-16-9-11/h11,16H,3-9H2,1-2H3. The van der Waals surface area contributed by atoms with Gasteiger partial charge in [0.15, 0.2) is 0 Å². The largest absolute Gasteiger partial charge is 0.316 e. The number of hydrogen-bond acceptors (Lipinski definition) is 3. The second kappa shape index (κ2) is 6.66. The predicted molar refractivity (Wildman–Crippen MR) is 79.3 cm³/mol. The Balaban J connectivity index is 1.98. The third-order valence-electron chi connectivity index (χ3n) is 3.73. The number of carbonyl (C=O) groups is 1. The molecule has 5 heteroatoms. The molecule has 2 heterocycles. The van der Waals surface area contributed by atoms with Crippen LogP contribution in [0.3, 0.4) is 0 Å². The van der Waals surface area contributed by atoms with Crippen molar-refractivity contribution in [2.45, 2.75) is 46.1 Å². The molecule has 0 bridgehead atoms. The lowest BCUT2D eigenvalue weighted by Gasteiger charge is -2.22. The normalized spacial score (nSPS) is 19.6. The molecule has 0 aliphatic carbocycles. The van der Waals surface area contributed by atoms with Crippen LogP contribution in [0.4, 0.5) is 0 Å². The minimum absolute atomic E-state index is 0.323. The Hall–Kier alpha value is -0.680. The van der Waals surface area contributed by atoms with E-state index in [1.165, 1.54) is 12.8 Å². The first-order valence-corrected chi connectivity index (χ1v) is 7.85. The molecule has 1 aliphatic rings. The Labute approximate surface area is 123 Å². The molecule has 1 saturated heterocycles. The van der Waals surface area contributed by atoms with E-state index in [0.717, 1.165) is 35.5 Å². The fourth-order valence-corrected chi connectivity index (χ4v) is 3.14. The summed E-state index contributed by atoms with van der Waals surface area (Å²) in [6, 6.07) is 0. The third kappa shape index (κ3) is 3.66. The second-order valence-electron chi connectivity index (χ2n) is 5.29. The molecular formula is C14H22BrN3O. The molecule has 0 saturated carbocycles. The number of ketones is 1. The summed E-state index contributed by atoms with van der Waals surface area (Å²) in [6.07, 6.45) is 3.54. The van der Waals surface area contributed by atoms with Crippen molar-refractivity contribution in [3.8, 4) is 0 Å². The third-order valence-corrected chi connectivity index (χ3v) is 4.76. The van der Waals surface area contributed by atoms with Gasteiger partial charge in [0.05, 0.1) is 15.9 Å². The Morgan fingerprint density at radius 2 is 2.37 bits per heavy atom. The summed E-state index contributed by atoms with van der Waals surface area (Å²) in [5, 5.41) is 7.80. The molecule has 106 valence electrons.